The fraction of sp³-hybridized carbons (Fsp3) is 0.0769. The zero-order valence-electron chi connectivity index (χ0n) is 9.27. The molecule has 0 spiro atoms. The van der Waals surface area contributed by atoms with E-state index in [1.807, 2.05) is 34.0 Å². The fourth-order valence-electron chi connectivity index (χ4n) is 1.63. The van der Waals surface area contributed by atoms with E-state index >= 15 is 0 Å². The summed E-state index contributed by atoms with van der Waals surface area (Å²) >= 11 is 5.62. The first-order chi connectivity index (χ1) is 8.36. The Bertz CT molecular complexity index is 604. The molecule has 86 valence electrons. The molecule has 0 amide bonds. The van der Waals surface area contributed by atoms with Crippen LogP contribution in [0.3, 0.4) is 0 Å². The maximum Gasteiger partial charge on any atom is 0.0449 e. The van der Waals surface area contributed by atoms with E-state index in [1.165, 1.54) is 24.1 Å². The van der Waals surface area contributed by atoms with Gasteiger partial charge in [-0.2, -0.15) is 0 Å². The van der Waals surface area contributed by atoms with Crippen LogP contribution in [-0.4, -0.2) is 6.66 Å². The zero-order chi connectivity index (χ0) is 11.7. The fourth-order valence-corrected chi connectivity index (χ4v) is 5.30. The predicted octanol–water partition coefficient (Wildman–Crippen LogP) is 5.14. The lowest BCUT2D eigenvalue weighted by Crippen LogP contribution is -1.77. The van der Waals surface area contributed by atoms with Crippen molar-refractivity contribution in [2.24, 2.45) is 0 Å². The second-order valence-corrected chi connectivity index (χ2v) is 8.07. The van der Waals surface area contributed by atoms with Crippen LogP contribution in [0.25, 0.3) is 19.5 Å². The summed E-state index contributed by atoms with van der Waals surface area (Å²) in [6.45, 7) is 2.24. The molecule has 3 aromatic rings. The van der Waals surface area contributed by atoms with Crippen molar-refractivity contribution in [2.45, 2.75) is 0 Å². The number of thiophene rings is 3. The van der Waals surface area contributed by atoms with Gasteiger partial charge in [-0.1, -0.05) is 14.6 Å². The van der Waals surface area contributed by atoms with Crippen LogP contribution in [0.5, 0.6) is 0 Å². The second kappa shape index (κ2) is 5.03. The van der Waals surface area contributed by atoms with E-state index in [0.29, 0.717) is 0 Å². The standard InChI is InChI=1S/C13H11PS3/c1-14-13-7-6-12(17-13)11-5-4-10(16-11)9-3-2-8-15-9/h2-8,14H,1H3. The molecule has 1 atom stereocenters. The third-order valence-corrected chi connectivity index (χ3v) is 7.29. The van der Waals surface area contributed by atoms with Gasteiger partial charge in [-0.05, 0) is 42.4 Å². The molecule has 0 saturated heterocycles. The highest BCUT2D eigenvalue weighted by Crippen LogP contribution is 2.38. The largest absolute Gasteiger partial charge is 0.143 e. The Labute approximate surface area is 115 Å². The molecule has 0 nitrogen and oxygen atoms in total. The Morgan fingerprint density at radius 3 is 2.18 bits per heavy atom. The molecule has 3 rings (SSSR count). The van der Waals surface area contributed by atoms with Crippen molar-refractivity contribution in [1.82, 2.24) is 0 Å². The molecule has 0 saturated carbocycles. The summed E-state index contributed by atoms with van der Waals surface area (Å²) in [5, 5.41) is 2.14. The highest BCUT2D eigenvalue weighted by atomic mass is 32.1. The van der Waals surface area contributed by atoms with Gasteiger partial charge in [0, 0.05) is 24.1 Å². The van der Waals surface area contributed by atoms with Gasteiger partial charge in [-0.15, -0.1) is 34.0 Å². The first-order valence-electron chi connectivity index (χ1n) is 5.28. The Balaban J connectivity index is 1.94. The van der Waals surface area contributed by atoms with Crippen molar-refractivity contribution in [2.75, 3.05) is 6.66 Å². The van der Waals surface area contributed by atoms with Gasteiger partial charge in [0.15, 0.2) is 0 Å². The van der Waals surface area contributed by atoms with Crippen LogP contribution in [-0.2, 0) is 0 Å². The van der Waals surface area contributed by atoms with E-state index in [9.17, 15) is 0 Å². The molecular weight excluding hydrogens is 283 g/mol. The third-order valence-electron chi connectivity index (χ3n) is 2.47. The highest BCUT2D eigenvalue weighted by molar-refractivity contribution is 7.56. The molecule has 17 heavy (non-hydrogen) atoms. The van der Waals surface area contributed by atoms with Crippen molar-refractivity contribution >= 4 is 47.2 Å². The van der Waals surface area contributed by atoms with E-state index in [0.717, 1.165) is 8.58 Å². The zero-order valence-corrected chi connectivity index (χ0v) is 12.7. The summed E-state index contributed by atoms with van der Waals surface area (Å²) in [4.78, 5) is 5.55. The molecule has 1 unspecified atom stereocenters. The van der Waals surface area contributed by atoms with Crippen LogP contribution in [0.4, 0.5) is 0 Å². The summed E-state index contributed by atoms with van der Waals surface area (Å²) in [7, 11) is 0.906. The minimum Gasteiger partial charge on any atom is -0.143 e. The lowest BCUT2D eigenvalue weighted by atomic mass is 10.3. The molecule has 0 fully saturated rings. The molecule has 0 radical (unpaired) electrons. The van der Waals surface area contributed by atoms with Crippen LogP contribution < -0.4 is 4.62 Å². The molecule has 3 aromatic heterocycles. The number of hydrogen-bond acceptors (Lipinski definition) is 3. The molecule has 0 bridgehead atoms. The van der Waals surface area contributed by atoms with Gasteiger partial charge < -0.3 is 0 Å². The summed E-state index contributed by atoms with van der Waals surface area (Å²) in [6.07, 6.45) is 0. The summed E-state index contributed by atoms with van der Waals surface area (Å²) in [6, 6.07) is 13.3. The van der Waals surface area contributed by atoms with E-state index < -0.39 is 0 Å². The molecule has 4 heteroatoms. The van der Waals surface area contributed by atoms with E-state index in [2.05, 4.69) is 48.4 Å². The Morgan fingerprint density at radius 1 is 0.824 bits per heavy atom. The van der Waals surface area contributed by atoms with Crippen LogP contribution in [0.15, 0.2) is 41.8 Å². The molecular formula is C13H11PS3. The summed E-state index contributed by atoms with van der Waals surface area (Å²) < 4.78 is 1.49. The van der Waals surface area contributed by atoms with Crippen LogP contribution in [0.2, 0.25) is 0 Å². The second-order valence-electron chi connectivity index (χ2n) is 3.56. The van der Waals surface area contributed by atoms with Gasteiger partial charge in [0.1, 0.15) is 0 Å². The predicted molar refractivity (Wildman–Crippen MR) is 84.8 cm³/mol. The van der Waals surface area contributed by atoms with Crippen LogP contribution in [0.1, 0.15) is 0 Å². The first-order valence-corrected chi connectivity index (χ1v) is 9.30. The molecule has 0 aliphatic carbocycles. The molecule has 3 heterocycles. The van der Waals surface area contributed by atoms with Crippen molar-refractivity contribution in [3.8, 4) is 19.5 Å². The maximum atomic E-state index is 2.25. The smallest absolute Gasteiger partial charge is 0.0449 e. The normalized spacial score (nSPS) is 11.6. The molecule has 0 aromatic carbocycles. The van der Waals surface area contributed by atoms with Gasteiger partial charge in [0.05, 0.1) is 0 Å². The average molecular weight is 294 g/mol. The molecule has 0 aliphatic heterocycles. The van der Waals surface area contributed by atoms with Crippen LogP contribution in [0, 0.1) is 0 Å². The van der Waals surface area contributed by atoms with Gasteiger partial charge in [-0.25, -0.2) is 0 Å². The van der Waals surface area contributed by atoms with E-state index in [1.54, 1.807) is 0 Å². The van der Waals surface area contributed by atoms with Crippen molar-refractivity contribution in [1.29, 1.82) is 0 Å². The summed E-state index contributed by atoms with van der Waals surface area (Å²) in [5.41, 5.74) is 0. The highest BCUT2D eigenvalue weighted by Gasteiger charge is 2.07. The van der Waals surface area contributed by atoms with E-state index in [4.69, 9.17) is 0 Å². The van der Waals surface area contributed by atoms with Gasteiger partial charge in [0.2, 0.25) is 0 Å². The first kappa shape index (κ1) is 11.6. The maximum absolute atomic E-state index is 2.25. The number of hydrogen-bond donors (Lipinski definition) is 0. The van der Waals surface area contributed by atoms with Gasteiger partial charge in [-0.3, -0.25) is 0 Å². The topological polar surface area (TPSA) is 0 Å². The Kier molecular flexibility index (Phi) is 3.44. The van der Waals surface area contributed by atoms with E-state index in [-0.39, 0.29) is 0 Å². The van der Waals surface area contributed by atoms with Gasteiger partial charge >= 0.3 is 0 Å². The van der Waals surface area contributed by atoms with Crippen molar-refractivity contribution in [3.05, 3.63) is 41.8 Å². The quantitative estimate of drug-likeness (QED) is 0.587. The SMILES string of the molecule is CPc1ccc(-c2ccc(-c3cccs3)s2)s1. The monoisotopic (exact) mass is 294 g/mol. The average Bonchev–Trinajstić information content (AvgIpc) is 3.09. The third kappa shape index (κ3) is 2.38. The lowest BCUT2D eigenvalue weighted by molar-refractivity contribution is 1.91. The van der Waals surface area contributed by atoms with Crippen LogP contribution >= 0.6 is 42.6 Å². The van der Waals surface area contributed by atoms with Gasteiger partial charge in [0.25, 0.3) is 0 Å². The minimum absolute atomic E-state index is 0.906. The van der Waals surface area contributed by atoms with Crippen molar-refractivity contribution < 1.29 is 0 Å². The van der Waals surface area contributed by atoms with Crippen molar-refractivity contribution in [3.63, 3.8) is 0 Å². The summed E-state index contributed by atoms with van der Waals surface area (Å²) in [5.74, 6) is 0. The molecule has 0 aliphatic rings. The minimum atomic E-state index is 0.906. The molecule has 0 N–H and O–H groups in total. The number of rotatable bonds is 3. The Morgan fingerprint density at radius 2 is 1.53 bits per heavy atom. The lowest BCUT2D eigenvalue weighted by Gasteiger charge is -1.90. The Hall–Kier alpha value is -0.470.